The molecule has 1 aliphatic heterocycles. The highest BCUT2D eigenvalue weighted by atomic mass is 16.6. The van der Waals surface area contributed by atoms with Gasteiger partial charge in [0.2, 0.25) is 0 Å². The molecule has 0 saturated heterocycles. The van der Waals surface area contributed by atoms with E-state index in [0.29, 0.717) is 36.0 Å². The Bertz CT molecular complexity index is 901. The van der Waals surface area contributed by atoms with Crippen LogP contribution in [0.5, 0.6) is 11.5 Å². The van der Waals surface area contributed by atoms with E-state index in [1.165, 1.54) is 0 Å². The van der Waals surface area contributed by atoms with Crippen LogP contribution < -0.4 is 14.8 Å². The van der Waals surface area contributed by atoms with Crippen LogP contribution in [0.25, 0.3) is 11.0 Å². The summed E-state index contributed by atoms with van der Waals surface area (Å²) in [5.74, 6) is 1.19. The maximum atomic E-state index is 12.5. The lowest BCUT2D eigenvalue weighted by Crippen LogP contribution is -2.17. The number of amides is 1. The van der Waals surface area contributed by atoms with E-state index in [2.05, 4.69) is 15.3 Å². The topological polar surface area (TPSA) is 76.2 Å². The Morgan fingerprint density at radius 1 is 1.17 bits per heavy atom. The van der Waals surface area contributed by atoms with E-state index in [0.717, 1.165) is 16.6 Å². The number of carbonyl (C=O) groups is 1. The number of hydrogen-bond acceptors (Lipinski definition) is 4. The molecule has 0 unspecified atom stereocenters. The van der Waals surface area contributed by atoms with Crippen LogP contribution in [0, 0.1) is 6.92 Å². The number of benzene rings is 2. The Morgan fingerprint density at radius 2 is 1.96 bits per heavy atom. The fourth-order valence-electron chi connectivity index (χ4n) is 2.60. The Morgan fingerprint density at radius 3 is 2.78 bits per heavy atom. The highest BCUT2D eigenvalue weighted by molar-refractivity contribution is 6.06. The second kappa shape index (κ2) is 5.31. The van der Waals surface area contributed by atoms with E-state index in [-0.39, 0.29) is 5.91 Å². The molecule has 2 N–H and O–H groups in total. The molecular weight excluding hydrogens is 294 g/mol. The number of nitrogens with zero attached hydrogens (tertiary/aromatic N) is 1. The molecule has 0 atom stereocenters. The summed E-state index contributed by atoms with van der Waals surface area (Å²) in [6.45, 7) is 2.98. The third kappa shape index (κ3) is 2.48. The number of rotatable bonds is 2. The molecular formula is C17H15N3O3. The van der Waals surface area contributed by atoms with Gasteiger partial charge in [-0.15, -0.1) is 0 Å². The lowest BCUT2D eigenvalue weighted by Gasteiger charge is -2.20. The SMILES string of the molecule is Cc1cc2c(cc1NC(=O)c1ccc3nc[nH]c3c1)OCCO2. The van der Waals surface area contributed by atoms with Gasteiger partial charge in [0.25, 0.3) is 5.91 Å². The summed E-state index contributed by atoms with van der Waals surface area (Å²) in [6.07, 6.45) is 1.61. The van der Waals surface area contributed by atoms with Crippen LogP contribution in [0.4, 0.5) is 5.69 Å². The van der Waals surface area contributed by atoms with Gasteiger partial charge in [0, 0.05) is 17.3 Å². The van der Waals surface area contributed by atoms with Gasteiger partial charge < -0.3 is 19.8 Å². The molecule has 0 aliphatic carbocycles. The van der Waals surface area contributed by atoms with Gasteiger partial charge in [0.15, 0.2) is 11.5 Å². The summed E-state index contributed by atoms with van der Waals surface area (Å²) >= 11 is 0. The molecule has 0 saturated carbocycles. The number of carbonyl (C=O) groups excluding carboxylic acids is 1. The largest absolute Gasteiger partial charge is 0.486 e. The van der Waals surface area contributed by atoms with Crippen molar-refractivity contribution in [1.82, 2.24) is 9.97 Å². The van der Waals surface area contributed by atoms with Crippen LogP contribution in [0.15, 0.2) is 36.7 Å². The molecule has 1 aliphatic rings. The van der Waals surface area contributed by atoms with E-state index >= 15 is 0 Å². The predicted molar refractivity (Wildman–Crippen MR) is 86.2 cm³/mol. The maximum absolute atomic E-state index is 12.5. The van der Waals surface area contributed by atoms with E-state index in [4.69, 9.17) is 9.47 Å². The maximum Gasteiger partial charge on any atom is 0.255 e. The number of anilines is 1. The van der Waals surface area contributed by atoms with Gasteiger partial charge in [-0.3, -0.25) is 4.79 Å². The number of hydrogen-bond donors (Lipinski definition) is 2. The molecule has 0 fully saturated rings. The van der Waals surface area contributed by atoms with Crippen molar-refractivity contribution in [3.8, 4) is 11.5 Å². The van der Waals surface area contributed by atoms with Crippen LogP contribution in [0.3, 0.4) is 0 Å². The van der Waals surface area contributed by atoms with Crippen molar-refractivity contribution in [2.45, 2.75) is 6.92 Å². The average molecular weight is 309 g/mol. The zero-order valence-corrected chi connectivity index (χ0v) is 12.6. The smallest absolute Gasteiger partial charge is 0.255 e. The lowest BCUT2D eigenvalue weighted by atomic mass is 10.1. The second-order valence-corrected chi connectivity index (χ2v) is 5.40. The fraction of sp³-hybridized carbons (Fsp3) is 0.176. The first-order valence-corrected chi connectivity index (χ1v) is 7.35. The van der Waals surface area contributed by atoms with Crippen molar-refractivity contribution >= 4 is 22.6 Å². The number of imidazole rings is 1. The average Bonchev–Trinajstić information content (AvgIpc) is 3.03. The van der Waals surface area contributed by atoms with Crippen molar-refractivity contribution < 1.29 is 14.3 Å². The number of aryl methyl sites for hydroxylation is 1. The molecule has 6 heteroatoms. The van der Waals surface area contributed by atoms with Gasteiger partial charge >= 0.3 is 0 Å². The van der Waals surface area contributed by atoms with E-state index in [1.807, 2.05) is 19.1 Å². The molecule has 4 rings (SSSR count). The zero-order chi connectivity index (χ0) is 15.8. The molecule has 1 aromatic heterocycles. The van der Waals surface area contributed by atoms with E-state index in [9.17, 15) is 4.79 Å². The van der Waals surface area contributed by atoms with Gasteiger partial charge in [0.1, 0.15) is 13.2 Å². The number of H-pyrrole nitrogens is 1. The van der Waals surface area contributed by atoms with Crippen molar-refractivity contribution in [2.24, 2.45) is 0 Å². The van der Waals surface area contributed by atoms with Gasteiger partial charge in [-0.05, 0) is 36.8 Å². The van der Waals surface area contributed by atoms with Crippen LogP contribution in [-0.2, 0) is 0 Å². The molecule has 2 aromatic carbocycles. The van der Waals surface area contributed by atoms with Crippen molar-refractivity contribution in [3.63, 3.8) is 0 Å². The molecule has 23 heavy (non-hydrogen) atoms. The van der Waals surface area contributed by atoms with Gasteiger partial charge in [-0.2, -0.15) is 0 Å². The number of ether oxygens (including phenoxy) is 2. The quantitative estimate of drug-likeness (QED) is 0.763. The molecule has 2 heterocycles. The number of fused-ring (bicyclic) bond motifs is 2. The highest BCUT2D eigenvalue weighted by Crippen LogP contribution is 2.35. The summed E-state index contributed by atoms with van der Waals surface area (Å²) in [5, 5.41) is 2.92. The molecule has 0 radical (unpaired) electrons. The number of aromatic amines is 1. The first-order chi connectivity index (χ1) is 11.2. The van der Waals surface area contributed by atoms with Crippen molar-refractivity contribution in [1.29, 1.82) is 0 Å². The molecule has 0 spiro atoms. The second-order valence-electron chi connectivity index (χ2n) is 5.40. The summed E-state index contributed by atoms with van der Waals surface area (Å²) in [4.78, 5) is 19.6. The van der Waals surface area contributed by atoms with Crippen LogP contribution >= 0.6 is 0 Å². The third-order valence-corrected chi connectivity index (χ3v) is 3.82. The Hall–Kier alpha value is -3.02. The molecule has 6 nitrogen and oxygen atoms in total. The fourth-order valence-corrected chi connectivity index (χ4v) is 2.60. The van der Waals surface area contributed by atoms with E-state index < -0.39 is 0 Å². The minimum atomic E-state index is -0.179. The Kier molecular flexibility index (Phi) is 3.15. The van der Waals surface area contributed by atoms with Crippen molar-refractivity contribution in [2.75, 3.05) is 18.5 Å². The minimum absolute atomic E-state index is 0.179. The monoisotopic (exact) mass is 309 g/mol. The van der Waals surface area contributed by atoms with Gasteiger partial charge in [-0.1, -0.05) is 0 Å². The summed E-state index contributed by atoms with van der Waals surface area (Å²) < 4.78 is 11.1. The zero-order valence-electron chi connectivity index (χ0n) is 12.6. The minimum Gasteiger partial charge on any atom is -0.486 e. The summed E-state index contributed by atoms with van der Waals surface area (Å²) in [7, 11) is 0. The van der Waals surface area contributed by atoms with E-state index in [1.54, 1.807) is 24.5 Å². The standard InChI is InChI=1S/C17H15N3O3/c1-10-6-15-16(23-5-4-22-15)8-13(10)20-17(21)11-2-3-12-14(7-11)19-9-18-12/h2-3,6-9H,4-5H2,1H3,(H,18,19)(H,20,21). The molecule has 1 amide bonds. The van der Waals surface area contributed by atoms with Crippen LogP contribution in [0.1, 0.15) is 15.9 Å². The molecule has 116 valence electrons. The number of aromatic nitrogens is 2. The normalized spacial score (nSPS) is 13.1. The third-order valence-electron chi connectivity index (χ3n) is 3.82. The molecule has 3 aromatic rings. The van der Waals surface area contributed by atoms with Gasteiger partial charge in [0.05, 0.1) is 17.4 Å². The Balaban J connectivity index is 1.63. The first kappa shape index (κ1) is 13.6. The summed E-state index contributed by atoms with van der Waals surface area (Å²) in [5.41, 5.74) is 3.86. The Labute approximate surface area is 132 Å². The first-order valence-electron chi connectivity index (χ1n) is 7.35. The van der Waals surface area contributed by atoms with Crippen LogP contribution in [0.2, 0.25) is 0 Å². The predicted octanol–water partition coefficient (Wildman–Crippen LogP) is 2.89. The van der Waals surface area contributed by atoms with Gasteiger partial charge in [-0.25, -0.2) is 4.98 Å². The lowest BCUT2D eigenvalue weighted by molar-refractivity contribution is 0.102. The highest BCUT2D eigenvalue weighted by Gasteiger charge is 2.16. The molecule has 0 bridgehead atoms. The summed E-state index contributed by atoms with van der Waals surface area (Å²) in [6, 6.07) is 9.03. The number of nitrogens with one attached hydrogen (secondary N) is 2. The van der Waals surface area contributed by atoms with Crippen molar-refractivity contribution in [3.05, 3.63) is 47.8 Å². The van der Waals surface area contributed by atoms with Crippen LogP contribution in [-0.4, -0.2) is 29.1 Å².